The van der Waals surface area contributed by atoms with Crippen molar-refractivity contribution in [1.82, 2.24) is 19.6 Å². The van der Waals surface area contributed by atoms with Crippen LogP contribution in [0.5, 0.6) is 5.75 Å². The summed E-state index contributed by atoms with van der Waals surface area (Å²) in [7, 11) is 1.68. The minimum absolute atomic E-state index is 0.0234. The first kappa shape index (κ1) is 20.4. The summed E-state index contributed by atoms with van der Waals surface area (Å²) in [6.07, 6.45) is 1.94. The third-order valence-electron chi connectivity index (χ3n) is 5.75. The summed E-state index contributed by atoms with van der Waals surface area (Å²) in [6, 6.07) is 8.13. The van der Waals surface area contributed by atoms with Crippen LogP contribution < -0.4 is 4.74 Å². The largest absolute Gasteiger partial charge is 0.497 e. The molecule has 30 heavy (non-hydrogen) atoms. The van der Waals surface area contributed by atoms with Gasteiger partial charge in [-0.1, -0.05) is 17.3 Å². The van der Waals surface area contributed by atoms with E-state index in [1.54, 1.807) is 7.11 Å². The van der Waals surface area contributed by atoms with Gasteiger partial charge in [-0.3, -0.25) is 14.4 Å². The van der Waals surface area contributed by atoms with E-state index in [0.717, 1.165) is 48.9 Å². The Kier molecular flexibility index (Phi) is 6.03. The van der Waals surface area contributed by atoms with Crippen molar-refractivity contribution in [2.45, 2.75) is 39.5 Å². The molecular weight excluding hydrogens is 382 g/mol. The van der Waals surface area contributed by atoms with E-state index >= 15 is 0 Å². The lowest BCUT2D eigenvalue weighted by molar-refractivity contribution is -0.143. The van der Waals surface area contributed by atoms with E-state index < -0.39 is 6.10 Å². The van der Waals surface area contributed by atoms with Crippen LogP contribution in [0.4, 0.5) is 0 Å². The van der Waals surface area contributed by atoms with Gasteiger partial charge in [0.15, 0.2) is 0 Å². The van der Waals surface area contributed by atoms with Gasteiger partial charge in [-0.15, -0.1) is 0 Å². The molecule has 0 radical (unpaired) electrons. The van der Waals surface area contributed by atoms with Gasteiger partial charge >= 0.3 is 0 Å². The van der Waals surface area contributed by atoms with Crippen molar-refractivity contribution in [1.29, 1.82) is 0 Å². The van der Waals surface area contributed by atoms with Crippen LogP contribution in [0.25, 0.3) is 0 Å². The lowest BCUT2D eigenvalue weighted by Crippen LogP contribution is -2.51. The highest BCUT2D eigenvalue weighted by Crippen LogP contribution is 2.21. The SMILES string of the molecule is CCn1cc(C2=NOC(C(=O)N3CCN(Cc4cccc(OC)c4)CC3)C2)c(C)n1. The number of methoxy groups -OCH3 is 1. The Bertz CT molecular complexity index is 931. The summed E-state index contributed by atoms with van der Waals surface area (Å²) in [5.74, 6) is 0.894. The first-order chi connectivity index (χ1) is 14.6. The molecule has 0 bridgehead atoms. The number of nitrogens with zero attached hydrogens (tertiary/aromatic N) is 5. The van der Waals surface area contributed by atoms with Crippen LogP contribution in [0, 0.1) is 6.92 Å². The highest BCUT2D eigenvalue weighted by atomic mass is 16.6. The maximum absolute atomic E-state index is 12.9. The van der Waals surface area contributed by atoms with E-state index in [2.05, 4.69) is 27.3 Å². The molecule has 1 fully saturated rings. The van der Waals surface area contributed by atoms with Crippen LogP contribution in [-0.2, 0) is 22.7 Å². The maximum atomic E-state index is 12.9. The Morgan fingerprint density at radius 2 is 2.07 bits per heavy atom. The van der Waals surface area contributed by atoms with E-state index in [9.17, 15) is 4.79 Å². The van der Waals surface area contributed by atoms with Crippen LogP contribution in [0.15, 0.2) is 35.6 Å². The van der Waals surface area contributed by atoms with E-state index in [4.69, 9.17) is 9.57 Å². The molecule has 0 spiro atoms. The average molecular weight is 412 g/mol. The van der Waals surface area contributed by atoms with E-state index in [0.29, 0.717) is 19.5 Å². The van der Waals surface area contributed by atoms with Crippen LogP contribution in [0.2, 0.25) is 0 Å². The standard InChI is InChI=1S/C22H29N5O3/c1-4-27-15-19(16(2)23-27)20-13-21(30-24-20)22(28)26-10-8-25(9-11-26)14-17-6-5-7-18(12-17)29-3/h5-7,12,15,21H,4,8-11,13-14H2,1-3H3. The van der Waals surface area contributed by atoms with Gasteiger partial charge in [0.1, 0.15) is 5.75 Å². The van der Waals surface area contributed by atoms with Crippen molar-refractivity contribution in [3.05, 3.63) is 47.3 Å². The molecule has 160 valence electrons. The number of piperazine rings is 1. The predicted molar refractivity (Wildman–Crippen MR) is 114 cm³/mol. The molecule has 0 saturated carbocycles. The zero-order valence-corrected chi connectivity index (χ0v) is 17.9. The number of hydrogen-bond acceptors (Lipinski definition) is 6. The Morgan fingerprint density at radius 3 is 2.77 bits per heavy atom. The molecule has 2 aliphatic rings. The smallest absolute Gasteiger partial charge is 0.266 e. The molecule has 8 heteroatoms. The Morgan fingerprint density at radius 1 is 1.27 bits per heavy atom. The predicted octanol–water partition coefficient (Wildman–Crippen LogP) is 2.06. The van der Waals surface area contributed by atoms with Gasteiger partial charge in [0.2, 0.25) is 6.10 Å². The molecule has 1 atom stereocenters. The fourth-order valence-corrected chi connectivity index (χ4v) is 3.99. The quantitative estimate of drug-likeness (QED) is 0.728. The number of aryl methyl sites for hydroxylation is 2. The Labute approximate surface area is 177 Å². The molecule has 3 heterocycles. The molecule has 2 aliphatic heterocycles. The number of carbonyl (C=O) groups is 1. The van der Waals surface area contributed by atoms with E-state index in [-0.39, 0.29) is 5.91 Å². The third kappa shape index (κ3) is 4.33. The number of hydrogen-bond donors (Lipinski definition) is 0. The number of carbonyl (C=O) groups excluding carboxylic acids is 1. The molecular formula is C22H29N5O3. The van der Waals surface area contributed by atoms with Crippen molar-refractivity contribution in [2.24, 2.45) is 5.16 Å². The molecule has 1 amide bonds. The van der Waals surface area contributed by atoms with Crippen molar-refractivity contribution >= 4 is 11.6 Å². The number of ether oxygens (including phenoxy) is 1. The van der Waals surface area contributed by atoms with Gasteiger partial charge in [-0.2, -0.15) is 5.10 Å². The first-order valence-electron chi connectivity index (χ1n) is 10.5. The maximum Gasteiger partial charge on any atom is 0.266 e. The normalized spacial score (nSPS) is 19.5. The molecule has 1 unspecified atom stereocenters. The van der Waals surface area contributed by atoms with Gasteiger partial charge < -0.3 is 14.5 Å². The summed E-state index contributed by atoms with van der Waals surface area (Å²) in [4.78, 5) is 22.7. The second-order valence-corrected chi connectivity index (χ2v) is 7.77. The fourth-order valence-electron chi connectivity index (χ4n) is 3.99. The van der Waals surface area contributed by atoms with Crippen molar-refractivity contribution in [3.63, 3.8) is 0 Å². The summed E-state index contributed by atoms with van der Waals surface area (Å²) < 4.78 is 7.18. The minimum Gasteiger partial charge on any atom is -0.497 e. The van der Waals surface area contributed by atoms with Crippen LogP contribution in [-0.4, -0.2) is 70.6 Å². The summed E-state index contributed by atoms with van der Waals surface area (Å²) in [5.41, 5.74) is 3.91. The monoisotopic (exact) mass is 411 g/mol. The fraction of sp³-hybridized carbons (Fsp3) is 0.500. The van der Waals surface area contributed by atoms with E-state index in [1.165, 1.54) is 5.56 Å². The molecule has 8 nitrogen and oxygen atoms in total. The molecule has 0 N–H and O–H groups in total. The van der Waals surface area contributed by atoms with Gasteiger partial charge in [-0.05, 0) is 31.5 Å². The number of amides is 1. The van der Waals surface area contributed by atoms with Crippen molar-refractivity contribution in [3.8, 4) is 5.75 Å². The number of aromatic nitrogens is 2. The lowest BCUT2D eigenvalue weighted by Gasteiger charge is -2.35. The zero-order valence-electron chi connectivity index (χ0n) is 17.9. The third-order valence-corrected chi connectivity index (χ3v) is 5.75. The first-order valence-corrected chi connectivity index (χ1v) is 10.5. The Hall–Kier alpha value is -2.87. The van der Waals surface area contributed by atoms with Gasteiger partial charge in [0.25, 0.3) is 5.91 Å². The summed E-state index contributed by atoms with van der Waals surface area (Å²) in [6.45, 7) is 8.74. The number of benzene rings is 1. The van der Waals surface area contributed by atoms with Crippen molar-refractivity contribution in [2.75, 3.05) is 33.3 Å². The summed E-state index contributed by atoms with van der Waals surface area (Å²) >= 11 is 0. The minimum atomic E-state index is -0.533. The zero-order chi connectivity index (χ0) is 21.1. The molecule has 1 aromatic carbocycles. The van der Waals surface area contributed by atoms with Crippen molar-refractivity contribution < 1.29 is 14.4 Å². The van der Waals surface area contributed by atoms with E-state index in [1.807, 2.05) is 41.8 Å². The molecule has 1 aromatic heterocycles. The molecule has 4 rings (SSSR count). The molecule has 0 aliphatic carbocycles. The van der Waals surface area contributed by atoms with Crippen LogP contribution >= 0.6 is 0 Å². The second-order valence-electron chi connectivity index (χ2n) is 7.77. The van der Waals surface area contributed by atoms with Crippen LogP contribution in [0.1, 0.15) is 30.2 Å². The van der Waals surface area contributed by atoms with Gasteiger partial charge in [-0.25, -0.2) is 0 Å². The van der Waals surface area contributed by atoms with Gasteiger partial charge in [0, 0.05) is 57.4 Å². The average Bonchev–Trinajstić information content (AvgIpc) is 3.40. The lowest BCUT2D eigenvalue weighted by atomic mass is 10.1. The number of rotatable bonds is 6. The van der Waals surface area contributed by atoms with Gasteiger partial charge in [0.05, 0.1) is 18.5 Å². The highest BCUT2D eigenvalue weighted by molar-refractivity contribution is 6.04. The number of oxime groups is 1. The summed E-state index contributed by atoms with van der Waals surface area (Å²) in [5, 5.41) is 8.65. The second kappa shape index (κ2) is 8.87. The van der Waals surface area contributed by atoms with Crippen LogP contribution in [0.3, 0.4) is 0 Å². The molecule has 1 saturated heterocycles. The molecule has 2 aromatic rings. The topological polar surface area (TPSA) is 72.2 Å². The highest BCUT2D eigenvalue weighted by Gasteiger charge is 2.34. The Balaban J connectivity index is 1.29.